The van der Waals surface area contributed by atoms with Crippen molar-refractivity contribution >= 4 is 39.1 Å². The van der Waals surface area contributed by atoms with Gasteiger partial charge in [-0.2, -0.15) is 3.97 Å². The third-order valence-corrected chi connectivity index (χ3v) is 3.71. The summed E-state index contributed by atoms with van der Waals surface area (Å²) >= 11 is 5.97. The van der Waals surface area contributed by atoms with Crippen molar-refractivity contribution in [1.82, 2.24) is 14.2 Å². The summed E-state index contributed by atoms with van der Waals surface area (Å²) in [5.41, 5.74) is 5.48. The van der Waals surface area contributed by atoms with Gasteiger partial charge < -0.3 is 11.1 Å². The van der Waals surface area contributed by atoms with Crippen LogP contribution in [0.3, 0.4) is 0 Å². The highest BCUT2D eigenvalue weighted by atomic mass is 35.5. The average Bonchev–Trinajstić information content (AvgIpc) is 2.33. The number of nitrogens with zero attached hydrogens (tertiary/aromatic N) is 3. The van der Waals surface area contributed by atoms with Crippen molar-refractivity contribution < 1.29 is 8.42 Å². The maximum Gasteiger partial charge on any atom is 0.240 e. The van der Waals surface area contributed by atoms with Crippen molar-refractivity contribution in [2.45, 2.75) is 0 Å². The highest BCUT2D eigenvalue weighted by molar-refractivity contribution is 7.89. The summed E-state index contributed by atoms with van der Waals surface area (Å²) in [6.07, 6.45) is 0.919. The minimum atomic E-state index is -3.76. The zero-order chi connectivity index (χ0) is 14.9. The third kappa shape index (κ3) is 2.73. The van der Waals surface area contributed by atoms with Crippen LogP contribution in [0.15, 0.2) is 24.3 Å². The van der Waals surface area contributed by atoms with E-state index >= 15 is 0 Å². The van der Waals surface area contributed by atoms with Crippen LogP contribution in [0.2, 0.25) is 5.02 Å². The molecule has 0 bridgehead atoms. The van der Waals surface area contributed by atoms with E-state index in [1.54, 1.807) is 24.3 Å². The molecule has 8 nitrogen and oxygen atoms in total. The number of nitrogens with one attached hydrogen (secondary N) is 2. The molecule has 4 N–H and O–H groups in total. The molecule has 0 aliphatic carbocycles. The topological polar surface area (TPSA) is 127 Å². The molecule has 10 heteroatoms. The van der Waals surface area contributed by atoms with Gasteiger partial charge in [0.15, 0.2) is 11.3 Å². The second kappa shape index (κ2) is 5.10. The molecule has 106 valence electrons. The van der Waals surface area contributed by atoms with Crippen LogP contribution in [0.5, 0.6) is 0 Å². The Bertz CT molecular complexity index is 817. The number of para-hydroxylation sites is 1. The van der Waals surface area contributed by atoms with Gasteiger partial charge in [-0.1, -0.05) is 23.7 Å². The van der Waals surface area contributed by atoms with Gasteiger partial charge in [0.1, 0.15) is 0 Å². The summed E-state index contributed by atoms with van der Waals surface area (Å²) in [7, 11) is -3.76. The Hall–Kier alpha value is -2.13. The fourth-order valence-corrected chi connectivity index (χ4v) is 2.49. The van der Waals surface area contributed by atoms with Crippen molar-refractivity contribution in [2.75, 3.05) is 17.3 Å². The number of nitrogen functional groups attached to an aromatic ring is 1. The van der Waals surface area contributed by atoms with E-state index < -0.39 is 15.5 Å². The average molecular weight is 315 g/mol. The van der Waals surface area contributed by atoms with E-state index in [2.05, 4.69) is 15.5 Å². The first-order valence-electron chi connectivity index (χ1n) is 5.32. The molecule has 0 fully saturated rings. The smallest absolute Gasteiger partial charge is 0.240 e. The van der Waals surface area contributed by atoms with E-state index in [0.717, 1.165) is 6.26 Å². The number of hydrogen-bond acceptors (Lipinski definition) is 7. The molecule has 0 saturated heterocycles. The summed E-state index contributed by atoms with van der Waals surface area (Å²) in [6.45, 7) is 0. The van der Waals surface area contributed by atoms with E-state index in [-0.39, 0.29) is 11.8 Å². The molecular weight excluding hydrogens is 304 g/mol. The summed E-state index contributed by atoms with van der Waals surface area (Å²) in [5, 5.41) is 18.2. The van der Waals surface area contributed by atoms with Crippen molar-refractivity contribution in [3.63, 3.8) is 0 Å². The number of anilines is 3. The van der Waals surface area contributed by atoms with Gasteiger partial charge >= 0.3 is 0 Å². The third-order valence-electron chi connectivity index (χ3n) is 2.35. The van der Waals surface area contributed by atoms with Crippen LogP contribution in [0.1, 0.15) is 0 Å². The Kier molecular flexibility index (Phi) is 3.64. The predicted octanol–water partition coefficient (Wildman–Crippen LogP) is 0.544. The molecule has 0 amide bonds. The van der Waals surface area contributed by atoms with E-state index in [4.69, 9.17) is 22.7 Å². The lowest BCUT2D eigenvalue weighted by molar-refractivity contribution is 0.589. The minimum absolute atomic E-state index is 0.0716. The molecular formula is C10H11ClN6O2S. The van der Waals surface area contributed by atoms with E-state index in [0.29, 0.717) is 14.7 Å². The van der Waals surface area contributed by atoms with Crippen LogP contribution >= 0.6 is 11.6 Å². The lowest BCUT2D eigenvalue weighted by Gasteiger charge is -2.11. The summed E-state index contributed by atoms with van der Waals surface area (Å²) in [6, 6.07) is 6.76. The fraction of sp³-hybridized carbons (Fsp3) is 0.100. The van der Waals surface area contributed by atoms with E-state index in [1.165, 1.54) is 0 Å². The van der Waals surface area contributed by atoms with Gasteiger partial charge in [-0.15, -0.1) is 10.2 Å². The zero-order valence-corrected chi connectivity index (χ0v) is 11.9. The highest BCUT2D eigenvalue weighted by Crippen LogP contribution is 2.22. The molecule has 0 aliphatic rings. The number of hydrogen-bond donors (Lipinski definition) is 3. The number of nitrogens with two attached hydrogens (primary N) is 1. The molecule has 1 heterocycles. The SMILES string of the molecule is CS(=O)(=O)n1c(N)nnc(Nc2ccccc2Cl)c1=N. The minimum Gasteiger partial charge on any atom is -0.367 e. The van der Waals surface area contributed by atoms with Crippen LogP contribution in [-0.4, -0.2) is 28.8 Å². The predicted molar refractivity (Wildman–Crippen MR) is 75.3 cm³/mol. The van der Waals surface area contributed by atoms with Crippen LogP contribution < -0.4 is 16.5 Å². The van der Waals surface area contributed by atoms with Crippen molar-refractivity contribution in [3.8, 4) is 0 Å². The molecule has 1 aromatic heterocycles. The molecule has 1 aromatic carbocycles. The monoisotopic (exact) mass is 314 g/mol. The molecule has 0 aliphatic heterocycles. The van der Waals surface area contributed by atoms with Gasteiger partial charge in [-0.25, -0.2) is 8.42 Å². The fourth-order valence-electron chi connectivity index (χ4n) is 1.51. The zero-order valence-electron chi connectivity index (χ0n) is 10.3. The molecule has 2 aromatic rings. The Morgan fingerprint density at radius 1 is 1.35 bits per heavy atom. The van der Waals surface area contributed by atoms with Crippen LogP contribution in [0.25, 0.3) is 0 Å². The Morgan fingerprint density at radius 3 is 2.60 bits per heavy atom. The molecule has 0 radical (unpaired) electrons. The van der Waals surface area contributed by atoms with E-state index in [1.807, 2.05) is 0 Å². The summed E-state index contributed by atoms with van der Waals surface area (Å²) in [4.78, 5) is 0. The van der Waals surface area contributed by atoms with Gasteiger partial charge in [0, 0.05) is 0 Å². The highest BCUT2D eigenvalue weighted by Gasteiger charge is 2.15. The molecule has 0 atom stereocenters. The molecule has 0 spiro atoms. The summed E-state index contributed by atoms with van der Waals surface area (Å²) in [5.74, 6) is -0.458. The van der Waals surface area contributed by atoms with Crippen molar-refractivity contribution in [2.24, 2.45) is 0 Å². The molecule has 0 saturated carbocycles. The molecule has 0 unspecified atom stereocenters. The number of halogens is 1. The number of rotatable bonds is 3. The molecule has 2 rings (SSSR count). The number of aromatic nitrogens is 3. The lowest BCUT2D eigenvalue weighted by atomic mass is 10.3. The van der Waals surface area contributed by atoms with Gasteiger partial charge in [0.05, 0.1) is 17.0 Å². The normalized spacial score (nSPS) is 11.3. The standard InChI is InChI=1S/C10H11ClN6O2S/c1-20(18,19)17-8(12)9(15-16-10(17)13)14-7-5-3-2-4-6(7)11/h2-5,12H,1H3,(H2,13,16)(H,14,15). The Balaban J connectivity index is 2.56. The van der Waals surface area contributed by atoms with Gasteiger partial charge in [-0.3, -0.25) is 5.41 Å². The van der Waals surface area contributed by atoms with E-state index in [9.17, 15) is 8.42 Å². The molecule has 20 heavy (non-hydrogen) atoms. The van der Waals surface area contributed by atoms with Gasteiger partial charge in [0.2, 0.25) is 16.0 Å². The van der Waals surface area contributed by atoms with Crippen LogP contribution in [-0.2, 0) is 10.0 Å². The maximum atomic E-state index is 11.6. The first-order valence-corrected chi connectivity index (χ1v) is 7.55. The van der Waals surface area contributed by atoms with Crippen LogP contribution in [0, 0.1) is 5.41 Å². The second-order valence-electron chi connectivity index (χ2n) is 3.89. The van der Waals surface area contributed by atoms with Crippen molar-refractivity contribution in [1.29, 1.82) is 5.41 Å². The Labute approximate surface area is 119 Å². The first-order chi connectivity index (χ1) is 9.30. The van der Waals surface area contributed by atoms with Crippen LogP contribution in [0.4, 0.5) is 17.5 Å². The lowest BCUT2D eigenvalue weighted by Crippen LogP contribution is -2.32. The second-order valence-corrected chi connectivity index (χ2v) is 6.13. The Morgan fingerprint density at radius 2 is 2.00 bits per heavy atom. The quantitative estimate of drug-likeness (QED) is 0.759. The van der Waals surface area contributed by atoms with Gasteiger partial charge in [0.25, 0.3) is 0 Å². The largest absolute Gasteiger partial charge is 0.367 e. The first kappa shape index (κ1) is 14.3. The summed E-state index contributed by atoms with van der Waals surface area (Å²) < 4.78 is 23.8. The maximum absolute atomic E-state index is 11.6. The van der Waals surface area contributed by atoms with Gasteiger partial charge in [-0.05, 0) is 12.1 Å². The number of benzene rings is 1. The van der Waals surface area contributed by atoms with Crippen molar-refractivity contribution in [3.05, 3.63) is 34.8 Å².